The highest BCUT2D eigenvalue weighted by molar-refractivity contribution is 9.10. The highest BCUT2D eigenvalue weighted by atomic mass is 79.9. The molecule has 0 saturated heterocycles. The fourth-order valence-electron chi connectivity index (χ4n) is 2.29. The number of nitrogens with one attached hydrogen (secondary N) is 1. The largest absolute Gasteiger partial charge is 0.496 e. The SMILES string of the molecule is CNC(c1cc(Br)ccc1Cl)c1cc(Br)c(C)cc1OC. The molecule has 0 heterocycles. The van der Waals surface area contributed by atoms with Gasteiger partial charge in [-0.15, -0.1) is 0 Å². The first-order chi connectivity index (χ1) is 9.97. The van der Waals surface area contributed by atoms with Gasteiger partial charge in [-0.25, -0.2) is 0 Å². The van der Waals surface area contributed by atoms with E-state index in [2.05, 4.69) is 43.2 Å². The van der Waals surface area contributed by atoms with E-state index in [1.165, 1.54) is 0 Å². The summed E-state index contributed by atoms with van der Waals surface area (Å²) in [4.78, 5) is 0. The normalized spacial score (nSPS) is 12.3. The van der Waals surface area contributed by atoms with Crippen molar-refractivity contribution in [3.8, 4) is 5.75 Å². The molecule has 0 amide bonds. The summed E-state index contributed by atoms with van der Waals surface area (Å²) >= 11 is 13.5. The van der Waals surface area contributed by atoms with Crippen LogP contribution in [0.4, 0.5) is 0 Å². The highest BCUT2D eigenvalue weighted by Crippen LogP contribution is 2.37. The maximum absolute atomic E-state index is 6.37. The number of halogens is 3. The van der Waals surface area contributed by atoms with Gasteiger partial charge in [0, 0.05) is 19.5 Å². The molecule has 2 rings (SSSR count). The van der Waals surface area contributed by atoms with E-state index >= 15 is 0 Å². The molecular weight excluding hydrogens is 417 g/mol. The summed E-state index contributed by atoms with van der Waals surface area (Å²) in [6.07, 6.45) is 0. The van der Waals surface area contributed by atoms with Crippen molar-refractivity contribution in [2.24, 2.45) is 0 Å². The second-order valence-electron chi connectivity index (χ2n) is 4.73. The third kappa shape index (κ3) is 3.62. The quantitative estimate of drug-likeness (QED) is 0.688. The molecule has 5 heteroatoms. The maximum Gasteiger partial charge on any atom is 0.124 e. The van der Waals surface area contributed by atoms with Crippen LogP contribution in [0.25, 0.3) is 0 Å². The van der Waals surface area contributed by atoms with Crippen molar-refractivity contribution in [1.29, 1.82) is 0 Å². The first kappa shape index (κ1) is 16.8. The summed E-state index contributed by atoms with van der Waals surface area (Å²) in [5, 5.41) is 4.04. The number of hydrogen-bond acceptors (Lipinski definition) is 2. The van der Waals surface area contributed by atoms with Gasteiger partial charge in [-0.05, 0) is 55.4 Å². The first-order valence-corrected chi connectivity index (χ1v) is 8.40. The van der Waals surface area contributed by atoms with Crippen LogP contribution in [0.15, 0.2) is 39.3 Å². The summed E-state index contributed by atoms with van der Waals surface area (Å²) in [5.74, 6) is 0.839. The van der Waals surface area contributed by atoms with Gasteiger partial charge in [-0.3, -0.25) is 0 Å². The van der Waals surface area contributed by atoms with Gasteiger partial charge in [-0.1, -0.05) is 43.5 Å². The molecule has 0 aromatic heterocycles. The Kier molecular flexibility index (Phi) is 5.72. The molecule has 0 spiro atoms. The molecule has 0 fully saturated rings. The fourth-order valence-corrected chi connectivity index (χ4v) is 3.25. The molecule has 0 aliphatic heterocycles. The average molecular weight is 434 g/mol. The molecule has 1 unspecified atom stereocenters. The fraction of sp³-hybridized carbons (Fsp3) is 0.250. The van der Waals surface area contributed by atoms with Crippen molar-refractivity contribution in [1.82, 2.24) is 5.32 Å². The minimum atomic E-state index is -0.0538. The summed E-state index contributed by atoms with van der Waals surface area (Å²) in [6.45, 7) is 2.04. The van der Waals surface area contributed by atoms with Crippen LogP contribution in [-0.4, -0.2) is 14.2 Å². The van der Waals surface area contributed by atoms with Crippen LogP contribution < -0.4 is 10.1 Å². The predicted molar refractivity (Wildman–Crippen MR) is 95.5 cm³/mol. The molecular formula is C16H16Br2ClNO. The Morgan fingerprint density at radius 2 is 1.86 bits per heavy atom. The summed E-state index contributed by atoms with van der Waals surface area (Å²) < 4.78 is 7.58. The standard InChI is InChI=1S/C16H16Br2ClNO/c1-9-6-15(21-3)12(8-13(9)18)16(20-2)11-7-10(17)4-5-14(11)19/h4-8,16,20H,1-3H3. The maximum atomic E-state index is 6.37. The van der Waals surface area contributed by atoms with Gasteiger partial charge in [-0.2, -0.15) is 0 Å². The summed E-state index contributed by atoms with van der Waals surface area (Å²) in [5.41, 5.74) is 3.17. The number of benzene rings is 2. The van der Waals surface area contributed by atoms with Gasteiger partial charge in [0.25, 0.3) is 0 Å². The van der Waals surface area contributed by atoms with Crippen molar-refractivity contribution in [3.63, 3.8) is 0 Å². The molecule has 1 N–H and O–H groups in total. The lowest BCUT2D eigenvalue weighted by Gasteiger charge is -2.22. The number of aryl methyl sites for hydroxylation is 1. The van der Waals surface area contributed by atoms with Crippen molar-refractivity contribution in [3.05, 3.63) is 61.0 Å². The molecule has 0 radical (unpaired) electrons. The van der Waals surface area contributed by atoms with Crippen molar-refractivity contribution in [2.75, 3.05) is 14.2 Å². The lowest BCUT2D eigenvalue weighted by atomic mass is 9.97. The highest BCUT2D eigenvalue weighted by Gasteiger charge is 2.20. The average Bonchev–Trinajstić information content (AvgIpc) is 2.46. The van der Waals surface area contributed by atoms with Crippen LogP contribution in [-0.2, 0) is 0 Å². The third-order valence-corrected chi connectivity index (χ3v) is 5.07. The Morgan fingerprint density at radius 1 is 1.14 bits per heavy atom. The molecule has 2 aromatic rings. The van der Waals surface area contributed by atoms with E-state index in [9.17, 15) is 0 Å². The topological polar surface area (TPSA) is 21.3 Å². The monoisotopic (exact) mass is 431 g/mol. The Bertz CT molecular complexity index is 661. The molecule has 112 valence electrons. The van der Waals surface area contributed by atoms with E-state index < -0.39 is 0 Å². The third-order valence-electron chi connectivity index (χ3n) is 3.38. The van der Waals surface area contributed by atoms with E-state index in [0.717, 1.165) is 36.4 Å². The zero-order valence-electron chi connectivity index (χ0n) is 12.0. The molecule has 1 atom stereocenters. The van der Waals surface area contributed by atoms with Crippen molar-refractivity contribution >= 4 is 43.5 Å². The Labute approximate surface area is 147 Å². The molecule has 2 nitrogen and oxygen atoms in total. The molecule has 2 aromatic carbocycles. The van der Waals surface area contributed by atoms with Crippen molar-refractivity contribution < 1.29 is 4.74 Å². The van der Waals surface area contributed by atoms with Gasteiger partial charge in [0.15, 0.2) is 0 Å². The van der Waals surface area contributed by atoms with Crippen LogP contribution in [0.5, 0.6) is 5.75 Å². The van der Waals surface area contributed by atoms with Crippen LogP contribution in [0.3, 0.4) is 0 Å². The van der Waals surface area contributed by atoms with E-state index in [1.54, 1.807) is 7.11 Å². The number of rotatable bonds is 4. The number of hydrogen-bond donors (Lipinski definition) is 1. The summed E-state index contributed by atoms with van der Waals surface area (Å²) in [6, 6.07) is 9.89. The molecule has 0 aliphatic rings. The van der Waals surface area contributed by atoms with Gasteiger partial charge in [0.2, 0.25) is 0 Å². The van der Waals surface area contributed by atoms with E-state index in [0.29, 0.717) is 0 Å². The molecule has 0 aliphatic carbocycles. The van der Waals surface area contributed by atoms with E-state index in [-0.39, 0.29) is 6.04 Å². The zero-order chi connectivity index (χ0) is 15.6. The second-order valence-corrected chi connectivity index (χ2v) is 6.91. The minimum Gasteiger partial charge on any atom is -0.496 e. The molecule has 0 saturated carbocycles. The van der Waals surface area contributed by atoms with Crippen LogP contribution in [0, 0.1) is 6.92 Å². The number of ether oxygens (including phenoxy) is 1. The minimum absolute atomic E-state index is 0.0538. The predicted octanol–water partition coefficient (Wildman–Crippen LogP) is 5.49. The lowest BCUT2D eigenvalue weighted by Crippen LogP contribution is -2.19. The summed E-state index contributed by atoms with van der Waals surface area (Å²) in [7, 11) is 3.59. The van der Waals surface area contributed by atoms with Gasteiger partial charge >= 0.3 is 0 Å². The van der Waals surface area contributed by atoms with E-state index in [4.69, 9.17) is 16.3 Å². The zero-order valence-corrected chi connectivity index (χ0v) is 15.9. The Balaban J connectivity index is 2.61. The molecule has 0 bridgehead atoms. The van der Waals surface area contributed by atoms with Gasteiger partial charge < -0.3 is 10.1 Å². The second kappa shape index (κ2) is 7.14. The lowest BCUT2D eigenvalue weighted by molar-refractivity contribution is 0.405. The smallest absolute Gasteiger partial charge is 0.124 e. The van der Waals surface area contributed by atoms with E-state index in [1.807, 2.05) is 38.2 Å². The van der Waals surface area contributed by atoms with Crippen molar-refractivity contribution in [2.45, 2.75) is 13.0 Å². The van der Waals surface area contributed by atoms with Crippen LogP contribution in [0.1, 0.15) is 22.7 Å². The van der Waals surface area contributed by atoms with Gasteiger partial charge in [0.1, 0.15) is 5.75 Å². The van der Waals surface area contributed by atoms with Gasteiger partial charge in [0.05, 0.1) is 13.2 Å². The van der Waals surface area contributed by atoms with Crippen LogP contribution in [0.2, 0.25) is 5.02 Å². The Hall–Kier alpha value is -0.550. The van der Waals surface area contributed by atoms with Crippen LogP contribution >= 0.6 is 43.5 Å². The molecule has 21 heavy (non-hydrogen) atoms. The number of methoxy groups -OCH3 is 1. The first-order valence-electron chi connectivity index (χ1n) is 6.44. The Morgan fingerprint density at radius 3 is 2.48 bits per heavy atom.